The van der Waals surface area contributed by atoms with Crippen LogP contribution in [0.25, 0.3) is 6.08 Å². The molecule has 0 saturated carbocycles. The van der Waals surface area contributed by atoms with E-state index in [0.29, 0.717) is 36.0 Å². The van der Waals surface area contributed by atoms with E-state index < -0.39 is 0 Å². The van der Waals surface area contributed by atoms with Crippen molar-refractivity contribution < 1.29 is 19.0 Å². The van der Waals surface area contributed by atoms with Crippen molar-refractivity contribution >= 4 is 11.9 Å². The van der Waals surface area contributed by atoms with Gasteiger partial charge in [0.05, 0.1) is 7.11 Å². The highest BCUT2D eigenvalue weighted by atomic mass is 16.5. The Kier molecular flexibility index (Phi) is 7.75. The van der Waals surface area contributed by atoms with E-state index in [4.69, 9.17) is 14.2 Å². The number of carbonyl (C=O) groups is 1. The maximum Gasteiger partial charge on any atom is 0.185 e. The van der Waals surface area contributed by atoms with Crippen molar-refractivity contribution in [2.75, 3.05) is 7.11 Å². The summed E-state index contributed by atoms with van der Waals surface area (Å²) in [6, 6.07) is 32.6. The summed E-state index contributed by atoms with van der Waals surface area (Å²) in [7, 11) is 1.61. The van der Waals surface area contributed by atoms with E-state index in [1.165, 1.54) is 0 Å². The molecule has 4 heteroatoms. The van der Waals surface area contributed by atoms with Gasteiger partial charge in [-0.15, -0.1) is 0 Å². The standard InChI is InChI=1S/C30H26O4/c1-32-28-15-9-8-14-25(28)16-18-27(31)26-17-19-29(33-21-23-10-4-2-5-11-23)30(20-26)34-22-24-12-6-3-7-13-24/h2-20H,21-22H2,1H3/b18-16+. The molecule has 0 aliphatic rings. The van der Waals surface area contributed by atoms with E-state index in [1.807, 2.05) is 84.9 Å². The number of ketones is 1. The summed E-state index contributed by atoms with van der Waals surface area (Å²) in [6.45, 7) is 0.779. The smallest absolute Gasteiger partial charge is 0.185 e. The van der Waals surface area contributed by atoms with Crippen LogP contribution in [-0.4, -0.2) is 12.9 Å². The van der Waals surface area contributed by atoms with Crippen molar-refractivity contribution in [3.05, 3.63) is 131 Å². The van der Waals surface area contributed by atoms with Crippen LogP contribution < -0.4 is 14.2 Å². The Bertz CT molecular complexity index is 1250. The topological polar surface area (TPSA) is 44.8 Å². The molecule has 0 bridgehead atoms. The van der Waals surface area contributed by atoms with Crippen LogP contribution in [-0.2, 0) is 13.2 Å². The van der Waals surface area contributed by atoms with Gasteiger partial charge in [-0.1, -0.05) is 78.9 Å². The third-order valence-electron chi connectivity index (χ3n) is 5.26. The molecule has 4 nitrogen and oxygen atoms in total. The molecule has 34 heavy (non-hydrogen) atoms. The molecule has 0 fully saturated rings. The van der Waals surface area contributed by atoms with Crippen LogP contribution in [0.3, 0.4) is 0 Å². The molecule has 0 atom stereocenters. The minimum absolute atomic E-state index is 0.134. The number of methoxy groups -OCH3 is 1. The number of ether oxygens (including phenoxy) is 3. The molecule has 4 aromatic carbocycles. The van der Waals surface area contributed by atoms with Crippen molar-refractivity contribution in [2.45, 2.75) is 13.2 Å². The Balaban J connectivity index is 1.55. The maximum absolute atomic E-state index is 12.9. The Morgan fingerprint density at radius 3 is 1.91 bits per heavy atom. The van der Waals surface area contributed by atoms with Gasteiger partial charge in [0.1, 0.15) is 19.0 Å². The van der Waals surface area contributed by atoms with Crippen LogP contribution in [0.5, 0.6) is 17.2 Å². The molecular weight excluding hydrogens is 424 g/mol. The van der Waals surface area contributed by atoms with E-state index in [2.05, 4.69) is 0 Å². The zero-order chi connectivity index (χ0) is 23.6. The zero-order valence-electron chi connectivity index (χ0n) is 19.0. The molecule has 0 aliphatic carbocycles. The van der Waals surface area contributed by atoms with Gasteiger partial charge >= 0.3 is 0 Å². The monoisotopic (exact) mass is 450 g/mol. The lowest BCUT2D eigenvalue weighted by Crippen LogP contribution is -2.03. The van der Waals surface area contributed by atoms with Crippen LogP contribution in [0.4, 0.5) is 0 Å². The molecule has 0 aromatic heterocycles. The molecule has 0 amide bonds. The second-order valence-electron chi connectivity index (χ2n) is 7.65. The second kappa shape index (κ2) is 11.5. The molecule has 0 spiro atoms. The molecule has 0 aliphatic heterocycles. The number of hydrogen-bond donors (Lipinski definition) is 0. The fraction of sp³-hybridized carbons (Fsp3) is 0.100. The van der Waals surface area contributed by atoms with Crippen LogP contribution in [0.15, 0.2) is 109 Å². The summed E-state index contributed by atoms with van der Waals surface area (Å²) in [4.78, 5) is 12.9. The first-order valence-electron chi connectivity index (χ1n) is 11.1. The van der Waals surface area contributed by atoms with Crippen molar-refractivity contribution in [1.29, 1.82) is 0 Å². The van der Waals surface area contributed by atoms with E-state index >= 15 is 0 Å². The second-order valence-corrected chi connectivity index (χ2v) is 7.65. The van der Waals surface area contributed by atoms with E-state index in [9.17, 15) is 4.79 Å². The van der Waals surface area contributed by atoms with Gasteiger partial charge in [-0.3, -0.25) is 4.79 Å². The van der Waals surface area contributed by atoms with Gasteiger partial charge in [0.25, 0.3) is 0 Å². The third-order valence-corrected chi connectivity index (χ3v) is 5.26. The number of hydrogen-bond acceptors (Lipinski definition) is 4. The molecule has 0 radical (unpaired) electrons. The molecule has 0 N–H and O–H groups in total. The molecule has 0 unspecified atom stereocenters. The van der Waals surface area contributed by atoms with Crippen molar-refractivity contribution in [1.82, 2.24) is 0 Å². The SMILES string of the molecule is COc1ccccc1/C=C/C(=O)c1ccc(OCc2ccccc2)c(OCc2ccccc2)c1. The lowest BCUT2D eigenvalue weighted by atomic mass is 10.1. The molecule has 4 aromatic rings. The highest BCUT2D eigenvalue weighted by Gasteiger charge is 2.12. The normalized spacial score (nSPS) is 10.7. The average Bonchev–Trinajstić information content (AvgIpc) is 2.91. The molecule has 170 valence electrons. The zero-order valence-corrected chi connectivity index (χ0v) is 19.0. The predicted octanol–water partition coefficient (Wildman–Crippen LogP) is 6.75. The minimum Gasteiger partial charge on any atom is -0.496 e. The fourth-order valence-corrected chi connectivity index (χ4v) is 3.43. The molecular formula is C30H26O4. The van der Waals surface area contributed by atoms with Gasteiger partial charge in [-0.25, -0.2) is 0 Å². The fourth-order valence-electron chi connectivity index (χ4n) is 3.43. The third kappa shape index (κ3) is 6.14. The van der Waals surface area contributed by atoms with Gasteiger partial charge in [0.2, 0.25) is 0 Å². The summed E-state index contributed by atoms with van der Waals surface area (Å²) in [5, 5.41) is 0. The molecule has 0 saturated heterocycles. The summed E-state index contributed by atoms with van der Waals surface area (Å²) < 4.78 is 17.5. The van der Waals surface area contributed by atoms with Crippen molar-refractivity contribution in [3.8, 4) is 17.2 Å². The minimum atomic E-state index is -0.134. The Labute approximate surface area is 200 Å². The van der Waals surface area contributed by atoms with E-state index in [-0.39, 0.29) is 5.78 Å². The van der Waals surface area contributed by atoms with E-state index in [0.717, 1.165) is 16.7 Å². The summed E-state index contributed by atoms with van der Waals surface area (Å²) in [5.74, 6) is 1.69. The largest absolute Gasteiger partial charge is 0.496 e. The lowest BCUT2D eigenvalue weighted by Gasteiger charge is -2.14. The van der Waals surface area contributed by atoms with Crippen molar-refractivity contribution in [3.63, 3.8) is 0 Å². The first-order chi connectivity index (χ1) is 16.7. The van der Waals surface area contributed by atoms with Gasteiger partial charge in [-0.2, -0.15) is 0 Å². The number of benzene rings is 4. The van der Waals surface area contributed by atoms with E-state index in [1.54, 1.807) is 37.5 Å². The van der Waals surface area contributed by atoms with Gasteiger partial charge in [-0.05, 0) is 47.5 Å². The molecule has 0 heterocycles. The highest BCUT2D eigenvalue weighted by molar-refractivity contribution is 6.07. The number of carbonyl (C=O) groups excluding carboxylic acids is 1. The summed E-state index contributed by atoms with van der Waals surface area (Å²) in [5.41, 5.74) is 3.43. The Hall–Kier alpha value is -4.31. The first kappa shape index (κ1) is 22.9. The highest BCUT2D eigenvalue weighted by Crippen LogP contribution is 2.30. The van der Waals surface area contributed by atoms with Gasteiger partial charge in [0.15, 0.2) is 17.3 Å². The number of rotatable bonds is 10. The average molecular weight is 451 g/mol. The Morgan fingerprint density at radius 1 is 0.676 bits per heavy atom. The molecule has 4 rings (SSSR count). The first-order valence-corrected chi connectivity index (χ1v) is 11.1. The van der Waals surface area contributed by atoms with Crippen LogP contribution in [0, 0.1) is 0 Å². The Morgan fingerprint density at radius 2 is 1.26 bits per heavy atom. The van der Waals surface area contributed by atoms with Crippen LogP contribution >= 0.6 is 0 Å². The quantitative estimate of drug-likeness (QED) is 0.198. The van der Waals surface area contributed by atoms with Gasteiger partial charge in [0, 0.05) is 11.1 Å². The maximum atomic E-state index is 12.9. The van der Waals surface area contributed by atoms with Crippen LogP contribution in [0.2, 0.25) is 0 Å². The van der Waals surface area contributed by atoms with Crippen LogP contribution in [0.1, 0.15) is 27.0 Å². The number of allylic oxidation sites excluding steroid dienone is 1. The van der Waals surface area contributed by atoms with Gasteiger partial charge < -0.3 is 14.2 Å². The summed E-state index contributed by atoms with van der Waals surface area (Å²) in [6.07, 6.45) is 3.30. The predicted molar refractivity (Wildman–Crippen MR) is 134 cm³/mol. The van der Waals surface area contributed by atoms with Crippen molar-refractivity contribution in [2.24, 2.45) is 0 Å². The lowest BCUT2D eigenvalue weighted by molar-refractivity contribution is 0.104. The number of para-hydroxylation sites is 1. The summed E-state index contributed by atoms with van der Waals surface area (Å²) >= 11 is 0.